The lowest BCUT2D eigenvalue weighted by Gasteiger charge is -2.29. The summed E-state index contributed by atoms with van der Waals surface area (Å²) in [6.07, 6.45) is 7.68. The normalized spacial score (nSPS) is 16.0. The lowest BCUT2D eigenvalue weighted by molar-refractivity contribution is 0.145. The number of pyridine rings is 1. The van der Waals surface area contributed by atoms with Gasteiger partial charge in [-0.15, -0.1) is 0 Å². The van der Waals surface area contributed by atoms with Crippen LogP contribution >= 0.6 is 11.6 Å². The molecule has 0 radical (unpaired) electrons. The molecule has 1 aliphatic rings. The molecule has 0 saturated carbocycles. The van der Waals surface area contributed by atoms with Crippen LogP contribution in [0.25, 0.3) is 16.6 Å². The van der Waals surface area contributed by atoms with Gasteiger partial charge in [0.05, 0.1) is 17.3 Å². The Morgan fingerprint density at radius 1 is 1.17 bits per heavy atom. The molecule has 6 nitrogen and oxygen atoms in total. The Morgan fingerprint density at radius 3 is 2.58 bits per heavy atom. The van der Waals surface area contributed by atoms with Gasteiger partial charge in [0.1, 0.15) is 5.52 Å². The van der Waals surface area contributed by atoms with E-state index in [1.165, 1.54) is 10.6 Å². The van der Waals surface area contributed by atoms with E-state index in [0.29, 0.717) is 35.4 Å². The van der Waals surface area contributed by atoms with Crippen LogP contribution < -0.4 is 4.90 Å². The first-order valence-corrected chi connectivity index (χ1v) is 8.08. The van der Waals surface area contributed by atoms with Gasteiger partial charge in [-0.3, -0.25) is 0 Å². The Labute approximate surface area is 142 Å². The average molecular weight is 348 g/mol. The summed E-state index contributed by atoms with van der Waals surface area (Å²) >= 11 is 5.87. The molecule has 8 heteroatoms. The molecule has 1 aliphatic heterocycles. The Bertz CT molecular complexity index is 874. The van der Waals surface area contributed by atoms with Crippen molar-refractivity contribution in [3.63, 3.8) is 0 Å². The predicted molar refractivity (Wildman–Crippen MR) is 88.6 cm³/mol. The van der Waals surface area contributed by atoms with E-state index in [4.69, 9.17) is 11.6 Å². The second-order valence-electron chi connectivity index (χ2n) is 5.82. The standard InChI is InChI=1S/C16H15ClFN5O/c17-13-3-6-23-15(14(13)18)12(9-21-23)10-7-19-16(20-8-10)22-4-1-11(24)2-5-22/h3,6-9,11,24H,1-2,4-5H2. The summed E-state index contributed by atoms with van der Waals surface area (Å²) in [5.41, 5.74) is 1.57. The van der Waals surface area contributed by atoms with Crippen LogP contribution in [-0.4, -0.2) is 43.9 Å². The van der Waals surface area contributed by atoms with Crippen molar-refractivity contribution >= 4 is 23.1 Å². The average Bonchev–Trinajstić information content (AvgIpc) is 3.04. The predicted octanol–water partition coefficient (Wildman–Crippen LogP) is 2.54. The lowest BCUT2D eigenvalue weighted by atomic mass is 10.1. The smallest absolute Gasteiger partial charge is 0.225 e. The molecule has 1 N–H and O–H groups in total. The third-order valence-electron chi connectivity index (χ3n) is 4.27. The van der Waals surface area contributed by atoms with Gasteiger partial charge in [-0.2, -0.15) is 5.10 Å². The van der Waals surface area contributed by atoms with Crippen LogP contribution in [0.15, 0.2) is 30.9 Å². The van der Waals surface area contributed by atoms with Crippen molar-refractivity contribution in [1.82, 2.24) is 19.6 Å². The highest BCUT2D eigenvalue weighted by Crippen LogP contribution is 2.29. The molecule has 1 fully saturated rings. The van der Waals surface area contributed by atoms with Gasteiger partial charge in [-0.1, -0.05) is 11.6 Å². The van der Waals surface area contributed by atoms with E-state index in [9.17, 15) is 9.50 Å². The number of piperidine rings is 1. The Balaban J connectivity index is 1.67. The molecule has 24 heavy (non-hydrogen) atoms. The zero-order valence-electron chi connectivity index (χ0n) is 12.7. The maximum absolute atomic E-state index is 14.3. The van der Waals surface area contributed by atoms with Crippen LogP contribution in [-0.2, 0) is 0 Å². The molecule has 1 saturated heterocycles. The van der Waals surface area contributed by atoms with E-state index in [1.807, 2.05) is 4.90 Å². The van der Waals surface area contributed by atoms with Crippen molar-refractivity contribution in [2.75, 3.05) is 18.0 Å². The van der Waals surface area contributed by atoms with Gasteiger partial charge in [0.15, 0.2) is 5.82 Å². The van der Waals surface area contributed by atoms with Crippen molar-refractivity contribution in [2.45, 2.75) is 18.9 Å². The first-order chi connectivity index (χ1) is 11.6. The monoisotopic (exact) mass is 347 g/mol. The van der Waals surface area contributed by atoms with Crippen LogP contribution in [0.2, 0.25) is 5.02 Å². The lowest BCUT2D eigenvalue weighted by Crippen LogP contribution is -2.36. The molecule has 124 valence electrons. The molecule has 0 bridgehead atoms. The minimum Gasteiger partial charge on any atom is -0.393 e. The van der Waals surface area contributed by atoms with Gasteiger partial charge in [0, 0.05) is 42.8 Å². The highest BCUT2D eigenvalue weighted by molar-refractivity contribution is 6.31. The summed E-state index contributed by atoms with van der Waals surface area (Å²) in [6.45, 7) is 1.45. The van der Waals surface area contributed by atoms with Gasteiger partial charge >= 0.3 is 0 Å². The number of anilines is 1. The SMILES string of the molecule is OC1CCN(c2ncc(-c3cnn4ccc(Cl)c(F)c34)cn2)CC1. The van der Waals surface area contributed by atoms with Crippen molar-refractivity contribution in [3.8, 4) is 11.1 Å². The van der Waals surface area contributed by atoms with E-state index in [2.05, 4.69) is 15.1 Å². The number of hydrogen-bond acceptors (Lipinski definition) is 5. The molecule has 0 atom stereocenters. The molecular weight excluding hydrogens is 333 g/mol. The number of rotatable bonds is 2. The third kappa shape index (κ3) is 2.59. The first kappa shape index (κ1) is 15.3. The third-order valence-corrected chi connectivity index (χ3v) is 4.56. The molecule has 0 aliphatic carbocycles. The van der Waals surface area contributed by atoms with Gasteiger partial charge < -0.3 is 10.0 Å². The Morgan fingerprint density at radius 2 is 1.88 bits per heavy atom. The van der Waals surface area contributed by atoms with Crippen LogP contribution in [0, 0.1) is 5.82 Å². The van der Waals surface area contributed by atoms with Crippen LogP contribution in [0.1, 0.15) is 12.8 Å². The zero-order chi connectivity index (χ0) is 16.7. The fourth-order valence-corrected chi connectivity index (χ4v) is 3.06. The van der Waals surface area contributed by atoms with Crippen molar-refractivity contribution in [2.24, 2.45) is 0 Å². The summed E-state index contributed by atoms with van der Waals surface area (Å²) < 4.78 is 15.8. The van der Waals surface area contributed by atoms with Crippen molar-refractivity contribution in [3.05, 3.63) is 41.7 Å². The maximum atomic E-state index is 14.3. The van der Waals surface area contributed by atoms with Crippen LogP contribution in [0.3, 0.4) is 0 Å². The summed E-state index contributed by atoms with van der Waals surface area (Å²) in [4.78, 5) is 10.8. The molecule has 0 aromatic carbocycles. The highest BCUT2D eigenvalue weighted by Gasteiger charge is 2.20. The summed E-state index contributed by atoms with van der Waals surface area (Å²) in [5, 5.41) is 13.8. The van der Waals surface area contributed by atoms with Crippen molar-refractivity contribution < 1.29 is 9.50 Å². The summed E-state index contributed by atoms with van der Waals surface area (Å²) in [6, 6.07) is 1.46. The molecular formula is C16H15ClFN5O. The van der Waals surface area contributed by atoms with Crippen molar-refractivity contribution in [1.29, 1.82) is 0 Å². The minimum atomic E-state index is -0.513. The molecule has 0 unspecified atom stereocenters. The van der Waals surface area contributed by atoms with E-state index < -0.39 is 5.82 Å². The van der Waals surface area contributed by atoms with E-state index in [-0.39, 0.29) is 11.1 Å². The second-order valence-corrected chi connectivity index (χ2v) is 6.23. The molecule has 3 aromatic rings. The number of hydrogen-bond donors (Lipinski definition) is 1. The molecule has 3 aromatic heterocycles. The zero-order valence-corrected chi connectivity index (χ0v) is 13.5. The molecule has 4 rings (SSSR count). The summed E-state index contributed by atoms with van der Waals surface area (Å²) in [7, 11) is 0. The molecule has 0 spiro atoms. The van der Waals surface area contributed by atoms with Gasteiger partial charge in [0.25, 0.3) is 0 Å². The Hall–Kier alpha value is -2.25. The van der Waals surface area contributed by atoms with Crippen LogP contribution in [0.4, 0.5) is 10.3 Å². The van der Waals surface area contributed by atoms with E-state index in [0.717, 1.165) is 13.1 Å². The second kappa shape index (κ2) is 5.99. The number of aliphatic hydroxyl groups is 1. The largest absolute Gasteiger partial charge is 0.393 e. The fraction of sp³-hybridized carbons (Fsp3) is 0.312. The number of aliphatic hydroxyl groups excluding tert-OH is 1. The van der Waals surface area contributed by atoms with Crippen LogP contribution in [0.5, 0.6) is 0 Å². The fourth-order valence-electron chi connectivity index (χ4n) is 2.92. The molecule has 4 heterocycles. The summed E-state index contributed by atoms with van der Waals surface area (Å²) in [5.74, 6) is 0.0985. The highest BCUT2D eigenvalue weighted by atomic mass is 35.5. The number of halogens is 2. The topological polar surface area (TPSA) is 66.5 Å². The van der Waals surface area contributed by atoms with Gasteiger partial charge in [-0.25, -0.2) is 18.9 Å². The number of nitrogens with zero attached hydrogens (tertiary/aromatic N) is 5. The van der Waals surface area contributed by atoms with E-state index >= 15 is 0 Å². The quantitative estimate of drug-likeness (QED) is 0.771. The number of aromatic nitrogens is 4. The minimum absolute atomic E-state index is 0.0497. The Kier molecular flexibility index (Phi) is 3.82. The molecule has 0 amide bonds. The first-order valence-electron chi connectivity index (χ1n) is 7.70. The van der Waals surface area contributed by atoms with Gasteiger partial charge in [0.2, 0.25) is 5.95 Å². The maximum Gasteiger partial charge on any atom is 0.225 e. The number of fused-ring (bicyclic) bond motifs is 1. The van der Waals surface area contributed by atoms with E-state index in [1.54, 1.807) is 24.8 Å². The van der Waals surface area contributed by atoms with Gasteiger partial charge in [-0.05, 0) is 18.9 Å².